The molecule has 5 nitrogen and oxygen atoms in total. The van der Waals surface area contributed by atoms with E-state index in [9.17, 15) is 23.2 Å². The van der Waals surface area contributed by atoms with Crippen molar-refractivity contribution >= 4 is 34.7 Å². The van der Waals surface area contributed by atoms with Crippen molar-refractivity contribution in [3.8, 4) is 6.07 Å². The van der Waals surface area contributed by atoms with E-state index in [1.807, 2.05) is 13.0 Å². The summed E-state index contributed by atoms with van der Waals surface area (Å²) >= 11 is 11.9. The summed E-state index contributed by atoms with van der Waals surface area (Å²) in [6.45, 7) is 1.86. The first-order valence-corrected chi connectivity index (χ1v) is 8.74. The van der Waals surface area contributed by atoms with Gasteiger partial charge in [0.1, 0.15) is 6.07 Å². The molecule has 0 bridgehead atoms. The molecule has 1 heterocycles. The zero-order valence-electron chi connectivity index (χ0n) is 13.9. The molecule has 142 valence electrons. The Hall–Kier alpha value is -2.24. The van der Waals surface area contributed by atoms with Gasteiger partial charge in [0, 0.05) is 12.2 Å². The topological polar surface area (TPSA) is 70.7 Å². The largest absolute Gasteiger partial charge is 0.416 e. The van der Waals surface area contributed by atoms with Crippen molar-refractivity contribution < 1.29 is 13.2 Å². The lowest BCUT2D eigenvalue weighted by molar-refractivity contribution is -0.137. The summed E-state index contributed by atoms with van der Waals surface area (Å²) in [4.78, 5) is 16.6. The zero-order valence-corrected chi connectivity index (χ0v) is 15.5. The Labute approximate surface area is 162 Å². The maximum absolute atomic E-state index is 12.9. The summed E-state index contributed by atoms with van der Waals surface area (Å²) in [5, 5.41) is 11.1. The van der Waals surface area contributed by atoms with Crippen LogP contribution < -0.4 is 10.9 Å². The highest BCUT2D eigenvalue weighted by Gasteiger charge is 2.33. The predicted octanol–water partition coefficient (Wildman–Crippen LogP) is 5.16. The van der Waals surface area contributed by atoms with Crippen molar-refractivity contribution in [1.29, 1.82) is 5.26 Å². The Balaban J connectivity index is 2.04. The number of rotatable bonds is 4. The lowest BCUT2D eigenvalue weighted by Crippen LogP contribution is -2.27. The molecule has 10 heteroatoms. The van der Waals surface area contributed by atoms with Crippen LogP contribution in [-0.2, 0) is 6.18 Å². The molecule has 1 aromatic carbocycles. The van der Waals surface area contributed by atoms with E-state index < -0.39 is 17.3 Å². The average molecular weight is 417 g/mol. The fourth-order valence-corrected chi connectivity index (χ4v) is 3.31. The molecule has 27 heavy (non-hydrogen) atoms. The third kappa shape index (κ3) is 4.04. The molecule has 2 aromatic rings. The summed E-state index contributed by atoms with van der Waals surface area (Å²) in [6.07, 6.45) is -1.28. The SMILES string of the molecule is C[C@H](C1CC1)n1cc(C#N)nc(Nc2c(Cl)cc(C(F)(F)F)cc2Cl)c1=O. The van der Waals surface area contributed by atoms with Crippen LogP contribution in [0.15, 0.2) is 23.1 Å². The Kier molecular flexibility index (Phi) is 5.10. The number of anilines is 2. The molecule has 1 fully saturated rings. The molecule has 3 rings (SSSR count). The van der Waals surface area contributed by atoms with Gasteiger partial charge in [0.25, 0.3) is 5.56 Å². The van der Waals surface area contributed by atoms with Crippen molar-refractivity contribution in [2.75, 3.05) is 5.32 Å². The van der Waals surface area contributed by atoms with E-state index in [1.165, 1.54) is 10.8 Å². The number of aromatic nitrogens is 2. The third-order valence-corrected chi connectivity index (χ3v) is 5.00. The fourth-order valence-electron chi connectivity index (χ4n) is 2.73. The van der Waals surface area contributed by atoms with Gasteiger partial charge in [-0.25, -0.2) is 4.98 Å². The molecule has 1 aliphatic rings. The Bertz CT molecular complexity index is 970. The molecular formula is C17H13Cl2F3N4O. The van der Waals surface area contributed by atoms with Crippen molar-refractivity contribution in [3.63, 3.8) is 0 Å². The van der Waals surface area contributed by atoms with Crippen LogP contribution in [0, 0.1) is 17.2 Å². The lowest BCUT2D eigenvalue weighted by atomic mass is 10.2. The number of alkyl halides is 3. The monoisotopic (exact) mass is 416 g/mol. The van der Waals surface area contributed by atoms with Gasteiger partial charge < -0.3 is 9.88 Å². The molecule has 1 N–H and O–H groups in total. The lowest BCUT2D eigenvalue weighted by Gasteiger charge is -2.17. The van der Waals surface area contributed by atoms with Crippen molar-refractivity contribution in [3.05, 3.63) is 50.0 Å². The summed E-state index contributed by atoms with van der Waals surface area (Å²) in [7, 11) is 0. The van der Waals surface area contributed by atoms with Crippen LogP contribution in [0.4, 0.5) is 24.7 Å². The Morgan fingerprint density at radius 1 is 1.33 bits per heavy atom. The van der Waals surface area contributed by atoms with Crippen LogP contribution in [0.25, 0.3) is 0 Å². The number of nitrogens with one attached hydrogen (secondary N) is 1. The number of nitriles is 1. The van der Waals surface area contributed by atoms with Gasteiger partial charge >= 0.3 is 6.18 Å². The maximum atomic E-state index is 12.9. The summed E-state index contributed by atoms with van der Waals surface area (Å²) in [5.41, 5.74) is -1.62. The highest BCUT2D eigenvalue weighted by atomic mass is 35.5. The number of hydrogen-bond acceptors (Lipinski definition) is 4. The number of nitrogens with zero attached hydrogens (tertiary/aromatic N) is 3. The maximum Gasteiger partial charge on any atom is 0.416 e. The van der Waals surface area contributed by atoms with Crippen molar-refractivity contribution in [2.45, 2.75) is 32.0 Å². The average Bonchev–Trinajstić information content (AvgIpc) is 3.42. The van der Waals surface area contributed by atoms with E-state index in [0.717, 1.165) is 12.8 Å². The Morgan fingerprint density at radius 2 is 1.93 bits per heavy atom. The minimum Gasteiger partial charge on any atom is -0.333 e. The van der Waals surface area contributed by atoms with Crippen LogP contribution in [0.1, 0.15) is 37.1 Å². The third-order valence-electron chi connectivity index (χ3n) is 4.40. The van der Waals surface area contributed by atoms with E-state index in [4.69, 9.17) is 23.2 Å². The van der Waals surface area contributed by atoms with E-state index in [0.29, 0.717) is 18.1 Å². The summed E-state index contributed by atoms with van der Waals surface area (Å²) < 4.78 is 40.0. The predicted molar refractivity (Wildman–Crippen MR) is 95.4 cm³/mol. The summed E-state index contributed by atoms with van der Waals surface area (Å²) in [5.74, 6) is 0.104. The van der Waals surface area contributed by atoms with Crippen LogP contribution in [0.5, 0.6) is 0 Å². The van der Waals surface area contributed by atoms with Gasteiger partial charge in [-0.15, -0.1) is 0 Å². The molecule has 0 unspecified atom stereocenters. The Morgan fingerprint density at radius 3 is 2.41 bits per heavy atom. The highest BCUT2D eigenvalue weighted by Crippen LogP contribution is 2.40. The molecule has 1 aliphatic carbocycles. The molecule has 0 saturated heterocycles. The highest BCUT2D eigenvalue weighted by molar-refractivity contribution is 6.39. The molecule has 1 atom stereocenters. The van der Waals surface area contributed by atoms with Gasteiger partial charge in [0.15, 0.2) is 11.5 Å². The van der Waals surface area contributed by atoms with Crippen molar-refractivity contribution in [1.82, 2.24) is 9.55 Å². The first-order valence-electron chi connectivity index (χ1n) is 7.98. The number of hydrogen-bond donors (Lipinski definition) is 1. The van der Waals surface area contributed by atoms with E-state index in [-0.39, 0.29) is 33.3 Å². The standard InChI is InChI=1S/C17H13Cl2F3N4O/c1-8(9-2-3-9)26-7-11(6-23)24-15(16(26)27)25-14-12(18)4-10(5-13(14)19)17(20,21)22/h4-5,7-9H,2-3H2,1H3,(H,24,25)/t8-/m1/s1. The minimum atomic E-state index is -4.61. The van der Waals surface area contributed by atoms with Gasteiger partial charge in [-0.1, -0.05) is 23.2 Å². The van der Waals surface area contributed by atoms with Gasteiger partial charge in [-0.2, -0.15) is 18.4 Å². The van der Waals surface area contributed by atoms with Crippen LogP contribution in [-0.4, -0.2) is 9.55 Å². The van der Waals surface area contributed by atoms with E-state index in [2.05, 4.69) is 10.3 Å². The quantitative estimate of drug-likeness (QED) is 0.747. The molecule has 1 aromatic heterocycles. The molecule has 0 spiro atoms. The van der Waals surface area contributed by atoms with Gasteiger partial charge in [0.2, 0.25) is 0 Å². The molecule has 0 amide bonds. The molecule has 0 radical (unpaired) electrons. The molecular weight excluding hydrogens is 404 g/mol. The second kappa shape index (κ2) is 7.06. The van der Waals surface area contributed by atoms with E-state index >= 15 is 0 Å². The molecule has 0 aliphatic heterocycles. The van der Waals surface area contributed by atoms with Gasteiger partial charge in [-0.3, -0.25) is 4.79 Å². The number of benzene rings is 1. The summed E-state index contributed by atoms with van der Waals surface area (Å²) in [6, 6.07) is 3.14. The van der Waals surface area contributed by atoms with Crippen LogP contribution in [0.3, 0.4) is 0 Å². The van der Waals surface area contributed by atoms with Gasteiger partial charge in [0.05, 0.1) is 21.3 Å². The number of halogens is 5. The second-order valence-corrected chi connectivity index (χ2v) is 7.13. The van der Waals surface area contributed by atoms with E-state index in [1.54, 1.807) is 0 Å². The smallest absolute Gasteiger partial charge is 0.333 e. The zero-order chi connectivity index (χ0) is 19.9. The first kappa shape index (κ1) is 19.5. The second-order valence-electron chi connectivity index (χ2n) is 6.31. The normalized spacial score (nSPS) is 15.3. The van der Waals surface area contributed by atoms with Crippen LogP contribution in [0.2, 0.25) is 10.0 Å². The first-order chi connectivity index (χ1) is 12.6. The van der Waals surface area contributed by atoms with Crippen LogP contribution >= 0.6 is 23.2 Å². The molecule has 1 saturated carbocycles. The van der Waals surface area contributed by atoms with Crippen molar-refractivity contribution in [2.24, 2.45) is 5.92 Å². The minimum absolute atomic E-state index is 0.0104. The fraction of sp³-hybridized carbons (Fsp3) is 0.353. The van der Waals surface area contributed by atoms with Gasteiger partial charge in [-0.05, 0) is 37.8 Å².